The molecule has 19 heavy (non-hydrogen) atoms. The van der Waals surface area contributed by atoms with E-state index in [1.54, 1.807) is 7.11 Å². The number of likely N-dealkylation sites (tertiary alicyclic amines) is 1. The van der Waals surface area contributed by atoms with Crippen LogP contribution in [0.1, 0.15) is 32.6 Å². The minimum absolute atomic E-state index is 0.170. The Bertz CT molecular complexity index is 286. The van der Waals surface area contributed by atoms with Crippen LogP contribution in [0.4, 0.5) is 4.79 Å². The van der Waals surface area contributed by atoms with Gasteiger partial charge in [0.2, 0.25) is 0 Å². The fraction of sp³-hybridized carbons (Fsp3) is 0.929. The highest BCUT2D eigenvalue weighted by Crippen LogP contribution is 2.33. The summed E-state index contributed by atoms with van der Waals surface area (Å²) in [5, 5.41) is 3.71. The quantitative estimate of drug-likeness (QED) is 0.797. The second-order valence-electron chi connectivity index (χ2n) is 5.53. The lowest BCUT2D eigenvalue weighted by Crippen LogP contribution is -2.49. The molecule has 0 spiro atoms. The molecule has 1 atom stereocenters. The molecule has 2 rings (SSSR count). The molecule has 1 heterocycles. The van der Waals surface area contributed by atoms with Crippen LogP contribution in [0.5, 0.6) is 0 Å². The topological polar surface area (TPSA) is 50.8 Å². The number of ether oxygens (including phenoxy) is 2. The summed E-state index contributed by atoms with van der Waals surface area (Å²) in [5.41, 5.74) is 0. The van der Waals surface area contributed by atoms with Gasteiger partial charge < -0.3 is 19.7 Å². The minimum Gasteiger partial charge on any atom is -0.450 e. The van der Waals surface area contributed by atoms with Gasteiger partial charge in [0, 0.05) is 32.3 Å². The van der Waals surface area contributed by atoms with Crippen LogP contribution >= 0.6 is 0 Å². The molecular formula is C14H26N2O3. The average Bonchev–Trinajstić information content (AvgIpc) is 3.24. The van der Waals surface area contributed by atoms with Crippen molar-refractivity contribution in [3.05, 3.63) is 0 Å². The Balaban J connectivity index is 1.71. The van der Waals surface area contributed by atoms with Crippen LogP contribution in [0, 0.1) is 5.92 Å². The van der Waals surface area contributed by atoms with Crippen LogP contribution in [-0.2, 0) is 9.47 Å². The molecule has 1 unspecified atom stereocenters. The van der Waals surface area contributed by atoms with Gasteiger partial charge in [0.05, 0.1) is 13.2 Å². The van der Waals surface area contributed by atoms with Crippen LogP contribution in [0.2, 0.25) is 0 Å². The second-order valence-corrected chi connectivity index (χ2v) is 5.53. The van der Waals surface area contributed by atoms with Gasteiger partial charge in [-0.15, -0.1) is 0 Å². The zero-order chi connectivity index (χ0) is 13.7. The van der Waals surface area contributed by atoms with Crippen molar-refractivity contribution < 1.29 is 14.3 Å². The molecule has 1 N–H and O–H groups in total. The second kappa shape index (κ2) is 7.10. The van der Waals surface area contributed by atoms with Crippen LogP contribution in [0.3, 0.4) is 0 Å². The molecule has 1 aliphatic heterocycles. The van der Waals surface area contributed by atoms with Gasteiger partial charge in [-0.05, 0) is 38.5 Å². The van der Waals surface area contributed by atoms with Crippen molar-refractivity contribution in [2.75, 3.05) is 33.4 Å². The van der Waals surface area contributed by atoms with Crippen molar-refractivity contribution in [2.45, 2.75) is 44.7 Å². The first kappa shape index (κ1) is 14.6. The standard InChI is InChI=1S/C14H26N2O3/c1-3-19-14(17)16-8-6-12(7-9-16)15-13(10-18-2)11-4-5-11/h11-13,15H,3-10H2,1-2H3. The first-order chi connectivity index (χ1) is 9.24. The number of piperidine rings is 1. The number of rotatable bonds is 6. The molecule has 0 aromatic rings. The van der Waals surface area contributed by atoms with E-state index in [1.165, 1.54) is 12.8 Å². The lowest BCUT2D eigenvalue weighted by Gasteiger charge is -2.34. The first-order valence-corrected chi connectivity index (χ1v) is 7.41. The lowest BCUT2D eigenvalue weighted by molar-refractivity contribution is 0.0903. The third kappa shape index (κ3) is 4.35. The van der Waals surface area contributed by atoms with Crippen molar-refractivity contribution in [3.8, 4) is 0 Å². The van der Waals surface area contributed by atoms with E-state index in [4.69, 9.17) is 9.47 Å². The van der Waals surface area contributed by atoms with E-state index in [0.29, 0.717) is 18.7 Å². The van der Waals surface area contributed by atoms with E-state index in [-0.39, 0.29) is 6.09 Å². The maximum atomic E-state index is 11.6. The summed E-state index contributed by atoms with van der Waals surface area (Å²) in [7, 11) is 1.76. The maximum Gasteiger partial charge on any atom is 0.409 e. The van der Waals surface area contributed by atoms with Gasteiger partial charge in [0.15, 0.2) is 0 Å². The van der Waals surface area contributed by atoms with E-state index >= 15 is 0 Å². The highest BCUT2D eigenvalue weighted by atomic mass is 16.6. The summed E-state index contributed by atoms with van der Waals surface area (Å²) in [6.45, 7) is 4.68. The molecule has 2 fully saturated rings. The smallest absolute Gasteiger partial charge is 0.409 e. The largest absolute Gasteiger partial charge is 0.450 e. The average molecular weight is 270 g/mol. The Kier molecular flexibility index (Phi) is 5.45. The molecule has 0 radical (unpaired) electrons. The molecule has 5 nitrogen and oxygen atoms in total. The number of carbonyl (C=O) groups excluding carboxylic acids is 1. The van der Waals surface area contributed by atoms with Crippen molar-refractivity contribution in [2.24, 2.45) is 5.92 Å². The van der Waals surface area contributed by atoms with Gasteiger partial charge >= 0.3 is 6.09 Å². The number of nitrogens with zero attached hydrogens (tertiary/aromatic N) is 1. The summed E-state index contributed by atoms with van der Waals surface area (Å²) in [5.74, 6) is 0.794. The number of hydrogen-bond acceptors (Lipinski definition) is 4. The molecule has 0 aromatic heterocycles. The molecule has 2 aliphatic rings. The summed E-state index contributed by atoms with van der Waals surface area (Å²) < 4.78 is 10.3. The van der Waals surface area contributed by atoms with E-state index in [0.717, 1.165) is 38.5 Å². The Morgan fingerprint density at radius 2 is 2.00 bits per heavy atom. The lowest BCUT2D eigenvalue weighted by atomic mass is 10.0. The van der Waals surface area contributed by atoms with Gasteiger partial charge in [0.1, 0.15) is 0 Å². The fourth-order valence-electron chi connectivity index (χ4n) is 2.74. The molecule has 0 bridgehead atoms. The number of hydrogen-bond donors (Lipinski definition) is 1. The van der Waals surface area contributed by atoms with E-state index in [1.807, 2.05) is 11.8 Å². The summed E-state index contributed by atoms with van der Waals surface area (Å²) in [6.07, 6.45) is 4.49. The van der Waals surface area contributed by atoms with Gasteiger partial charge in [-0.1, -0.05) is 0 Å². The maximum absolute atomic E-state index is 11.6. The summed E-state index contributed by atoms with van der Waals surface area (Å²) in [4.78, 5) is 13.4. The normalized spacial score (nSPS) is 22.3. The molecule has 110 valence electrons. The van der Waals surface area contributed by atoms with Gasteiger partial charge in [-0.25, -0.2) is 4.79 Å². The predicted molar refractivity (Wildman–Crippen MR) is 73.1 cm³/mol. The van der Waals surface area contributed by atoms with Gasteiger partial charge in [0.25, 0.3) is 0 Å². The molecular weight excluding hydrogens is 244 g/mol. The molecule has 5 heteroatoms. The first-order valence-electron chi connectivity index (χ1n) is 7.41. The third-order valence-corrected chi connectivity index (χ3v) is 4.01. The van der Waals surface area contributed by atoms with Gasteiger partial charge in [-0.3, -0.25) is 0 Å². The Labute approximate surface area is 115 Å². The van der Waals surface area contributed by atoms with Gasteiger partial charge in [-0.2, -0.15) is 0 Å². The number of amides is 1. The third-order valence-electron chi connectivity index (χ3n) is 4.01. The van der Waals surface area contributed by atoms with E-state index in [2.05, 4.69) is 5.32 Å². The molecule has 1 saturated carbocycles. The summed E-state index contributed by atoms with van der Waals surface area (Å²) in [6, 6.07) is 0.996. The Morgan fingerprint density at radius 1 is 1.32 bits per heavy atom. The van der Waals surface area contributed by atoms with Crippen LogP contribution in [0.25, 0.3) is 0 Å². The zero-order valence-corrected chi connectivity index (χ0v) is 12.1. The highest BCUT2D eigenvalue weighted by Gasteiger charge is 2.33. The Hall–Kier alpha value is -0.810. The van der Waals surface area contributed by atoms with Crippen molar-refractivity contribution >= 4 is 6.09 Å². The number of nitrogens with one attached hydrogen (secondary N) is 1. The molecule has 1 aliphatic carbocycles. The monoisotopic (exact) mass is 270 g/mol. The van der Waals surface area contributed by atoms with Crippen LogP contribution < -0.4 is 5.32 Å². The van der Waals surface area contributed by atoms with Crippen LogP contribution in [0.15, 0.2) is 0 Å². The van der Waals surface area contributed by atoms with Crippen molar-refractivity contribution in [3.63, 3.8) is 0 Å². The number of methoxy groups -OCH3 is 1. The molecule has 1 saturated heterocycles. The molecule has 0 aromatic carbocycles. The Morgan fingerprint density at radius 3 is 2.53 bits per heavy atom. The predicted octanol–water partition coefficient (Wildman–Crippen LogP) is 1.62. The van der Waals surface area contributed by atoms with Crippen molar-refractivity contribution in [1.82, 2.24) is 10.2 Å². The fourth-order valence-corrected chi connectivity index (χ4v) is 2.74. The minimum atomic E-state index is -0.170. The zero-order valence-electron chi connectivity index (χ0n) is 12.1. The highest BCUT2D eigenvalue weighted by molar-refractivity contribution is 5.67. The SMILES string of the molecule is CCOC(=O)N1CCC(NC(COC)C2CC2)CC1. The van der Waals surface area contributed by atoms with E-state index in [9.17, 15) is 4.79 Å². The van der Waals surface area contributed by atoms with E-state index < -0.39 is 0 Å². The van der Waals surface area contributed by atoms with Crippen molar-refractivity contribution in [1.29, 1.82) is 0 Å². The summed E-state index contributed by atoms with van der Waals surface area (Å²) >= 11 is 0. The number of carbonyl (C=O) groups is 1. The van der Waals surface area contributed by atoms with Crippen LogP contribution in [-0.4, -0.2) is 56.5 Å². The molecule has 1 amide bonds.